The molecule has 0 aromatic rings. The zero-order valence-electron chi connectivity index (χ0n) is 8.87. The molecule has 0 saturated carbocycles. The van der Waals surface area contributed by atoms with Crippen molar-refractivity contribution in [3.63, 3.8) is 0 Å². The number of rotatable bonds is 4. The van der Waals surface area contributed by atoms with Crippen LogP contribution in [0.15, 0.2) is 0 Å². The van der Waals surface area contributed by atoms with Crippen LogP contribution >= 0.6 is 0 Å². The van der Waals surface area contributed by atoms with Crippen LogP contribution in [0.3, 0.4) is 0 Å². The van der Waals surface area contributed by atoms with Gasteiger partial charge < -0.3 is 15.4 Å². The van der Waals surface area contributed by atoms with Crippen LogP contribution in [0.25, 0.3) is 0 Å². The molecule has 0 radical (unpaired) electrons. The second-order valence-electron chi connectivity index (χ2n) is 3.71. The van der Waals surface area contributed by atoms with Crippen LogP contribution in [-0.2, 0) is 9.53 Å². The number of carbonyl (C=O) groups excluding carboxylic acids is 1. The summed E-state index contributed by atoms with van der Waals surface area (Å²) in [6.45, 7) is 5.49. The lowest BCUT2D eigenvalue weighted by Crippen LogP contribution is -2.41. The number of nitrogens with two attached hydrogens (primary N) is 1. The van der Waals surface area contributed by atoms with Crippen molar-refractivity contribution in [3.8, 4) is 0 Å². The first kappa shape index (κ1) is 11.5. The average Bonchev–Trinajstić information content (AvgIpc) is 2.26. The van der Waals surface area contributed by atoms with Gasteiger partial charge in [0.2, 0.25) is 5.91 Å². The van der Waals surface area contributed by atoms with E-state index in [1.165, 1.54) is 0 Å². The molecule has 1 aliphatic heterocycles. The summed E-state index contributed by atoms with van der Waals surface area (Å²) in [5.74, 6) is 0.566. The molecule has 1 amide bonds. The quantitative estimate of drug-likeness (QED) is 0.706. The normalized spacial score (nSPS) is 19.4. The van der Waals surface area contributed by atoms with Crippen LogP contribution in [0.5, 0.6) is 0 Å². The van der Waals surface area contributed by atoms with Gasteiger partial charge in [0.15, 0.2) is 0 Å². The standard InChI is InChI=1S/C10H20N2O2/c1-2-9(8-11)7-10(13)12-3-5-14-6-4-12/h9H,2-8,11H2,1H3. The van der Waals surface area contributed by atoms with Crippen LogP contribution in [0, 0.1) is 5.92 Å². The van der Waals surface area contributed by atoms with Gasteiger partial charge in [0, 0.05) is 19.5 Å². The Bertz CT molecular complexity index is 175. The summed E-state index contributed by atoms with van der Waals surface area (Å²) in [4.78, 5) is 13.6. The maximum absolute atomic E-state index is 11.7. The highest BCUT2D eigenvalue weighted by atomic mass is 16.5. The van der Waals surface area contributed by atoms with Crippen LogP contribution in [-0.4, -0.2) is 43.7 Å². The molecule has 1 rings (SSSR count). The van der Waals surface area contributed by atoms with E-state index in [1.54, 1.807) is 0 Å². The molecule has 1 heterocycles. The molecule has 2 N–H and O–H groups in total. The number of amides is 1. The van der Waals surface area contributed by atoms with E-state index < -0.39 is 0 Å². The summed E-state index contributed by atoms with van der Waals surface area (Å²) >= 11 is 0. The van der Waals surface area contributed by atoms with E-state index in [-0.39, 0.29) is 5.91 Å². The lowest BCUT2D eigenvalue weighted by molar-refractivity contribution is -0.136. The number of carbonyl (C=O) groups is 1. The van der Waals surface area contributed by atoms with E-state index in [0.29, 0.717) is 32.1 Å². The Labute approximate surface area is 85.4 Å². The van der Waals surface area contributed by atoms with E-state index in [9.17, 15) is 4.79 Å². The Balaban J connectivity index is 2.32. The van der Waals surface area contributed by atoms with Crippen LogP contribution in [0.1, 0.15) is 19.8 Å². The highest BCUT2D eigenvalue weighted by Crippen LogP contribution is 2.09. The lowest BCUT2D eigenvalue weighted by atomic mass is 10.0. The number of ether oxygens (including phenoxy) is 1. The minimum Gasteiger partial charge on any atom is -0.378 e. The molecule has 14 heavy (non-hydrogen) atoms. The Morgan fingerprint density at radius 1 is 1.50 bits per heavy atom. The van der Waals surface area contributed by atoms with Gasteiger partial charge in [0.05, 0.1) is 13.2 Å². The highest BCUT2D eigenvalue weighted by Gasteiger charge is 2.19. The summed E-state index contributed by atoms with van der Waals surface area (Å²) in [6, 6.07) is 0. The van der Waals surface area contributed by atoms with Crippen molar-refractivity contribution in [1.82, 2.24) is 4.90 Å². The fraction of sp³-hybridized carbons (Fsp3) is 0.900. The van der Waals surface area contributed by atoms with Gasteiger partial charge in [-0.05, 0) is 12.5 Å². The van der Waals surface area contributed by atoms with Crippen LogP contribution in [0.4, 0.5) is 0 Å². The Morgan fingerprint density at radius 3 is 2.64 bits per heavy atom. The largest absolute Gasteiger partial charge is 0.378 e. The van der Waals surface area contributed by atoms with Gasteiger partial charge in [-0.3, -0.25) is 4.79 Å². The van der Waals surface area contributed by atoms with E-state index in [2.05, 4.69) is 6.92 Å². The molecule has 1 aliphatic rings. The average molecular weight is 200 g/mol. The summed E-state index contributed by atoms with van der Waals surface area (Å²) in [5.41, 5.74) is 5.57. The minimum atomic E-state index is 0.227. The zero-order valence-corrected chi connectivity index (χ0v) is 8.87. The molecule has 4 nitrogen and oxygen atoms in total. The highest BCUT2D eigenvalue weighted by molar-refractivity contribution is 5.76. The summed E-state index contributed by atoms with van der Waals surface area (Å²) in [5, 5.41) is 0. The number of hydrogen-bond acceptors (Lipinski definition) is 3. The van der Waals surface area contributed by atoms with Crippen LogP contribution in [0.2, 0.25) is 0 Å². The van der Waals surface area contributed by atoms with E-state index in [1.807, 2.05) is 4.90 Å². The Morgan fingerprint density at radius 2 is 2.14 bits per heavy atom. The van der Waals surface area contributed by atoms with Crippen molar-refractivity contribution in [2.24, 2.45) is 11.7 Å². The summed E-state index contributed by atoms with van der Waals surface area (Å²) < 4.78 is 5.19. The molecule has 0 bridgehead atoms. The topological polar surface area (TPSA) is 55.6 Å². The first-order chi connectivity index (χ1) is 6.77. The molecule has 1 saturated heterocycles. The van der Waals surface area contributed by atoms with E-state index >= 15 is 0 Å². The molecular weight excluding hydrogens is 180 g/mol. The predicted octanol–water partition coefficient (Wildman–Crippen LogP) is 0.220. The molecule has 82 valence electrons. The Kier molecular flexibility index (Phi) is 4.90. The Hall–Kier alpha value is -0.610. The maximum Gasteiger partial charge on any atom is 0.223 e. The van der Waals surface area contributed by atoms with Gasteiger partial charge in [0.25, 0.3) is 0 Å². The van der Waals surface area contributed by atoms with Crippen molar-refractivity contribution >= 4 is 5.91 Å². The number of hydrogen-bond donors (Lipinski definition) is 1. The van der Waals surface area contributed by atoms with Crippen molar-refractivity contribution < 1.29 is 9.53 Å². The van der Waals surface area contributed by atoms with E-state index in [0.717, 1.165) is 19.5 Å². The third-order valence-electron chi connectivity index (χ3n) is 2.74. The smallest absolute Gasteiger partial charge is 0.223 e. The molecule has 1 atom stereocenters. The number of morpholine rings is 1. The lowest BCUT2D eigenvalue weighted by Gasteiger charge is -2.28. The third-order valence-corrected chi connectivity index (χ3v) is 2.74. The summed E-state index contributed by atoms with van der Waals surface area (Å²) in [7, 11) is 0. The summed E-state index contributed by atoms with van der Waals surface area (Å²) in [6.07, 6.45) is 1.57. The monoisotopic (exact) mass is 200 g/mol. The van der Waals surface area contributed by atoms with Gasteiger partial charge >= 0.3 is 0 Å². The third kappa shape index (κ3) is 3.27. The van der Waals surface area contributed by atoms with Crippen molar-refractivity contribution in [3.05, 3.63) is 0 Å². The number of nitrogens with zero attached hydrogens (tertiary/aromatic N) is 1. The first-order valence-electron chi connectivity index (χ1n) is 5.33. The molecule has 1 unspecified atom stereocenters. The van der Waals surface area contributed by atoms with Gasteiger partial charge in [-0.1, -0.05) is 13.3 Å². The zero-order chi connectivity index (χ0) is 10.4. The van der Waals surface area contributed by atoms with E-state index in [4.69, 9.17) is 10.5 Å². The van der Waals surface area contributed by atoms with Crippen LogP contribution < -0.4 is 5.73 Å². The fourth-order valence-corrected chi connectivity index (χ4v) is 1.58. The second-order valence-corrected chi connectivity index (χ2v) is 3.71. The molecule has 0 spiro atoms. The SMILES string of the molecule is CCC(CN)CC(=O)N1CCOCC1. The van der Waals surface area contributed by atoms with Gasteiger partial charge in [0.1, 0.15) is 0 Å². The van der Waals surface area contributed by atoms with Gasteiger partial charge in [-0.25, -0.2) is 0 Å². The molecule has 4 heteroatoms. The second kappa shape index (κ2) is 5.98. The van der Waals surface area contributed by atoms with Crippen molar-refractivity contribution in [1.29, 1.82) is 0 Å². The molecule has 0 aromatic carbocycles. The predicted molar refractivity (Wildman–Crippen MR) is 54.9 cm³/mol. The fourth-order valence-electron chi connectivity index (χ4n) is 1.58. The molecule has 0 aliphatic carbocycles. The van der Waals surface area contributed by atoms with Gasteiger partial charge in [-0.15, -0.1) is 0 Å². The van der Waals surface area contributed by atoms with Crippen molar-refractivity contribution in [2.45, 2.75) is 19.8 Å². The maximum atomic E-state index is 11.7. The van der Waals surface area contributed by atoms with Crippen molar-refractivity contribution in [2.75, 3.05) is 32.8 Å². The molecule has 1 fully saturated rings. The minimum absolute atomic E-state index is 0.227. The first-order valence-corrected chi connectivity index (χ1v) is 5.33. The van der Waals surface area contributed by atoms with Gasteiger partial charge in [-0.2, -0.15) is 0 Å². The molecule has 0 aromatic heterocycles. The molecular formula is C10H20N2O2.